The van der Waals surface area contributed by atoms with Crippen molar-refractivity contribution in [3.63, 3.8) is 0 Å². The van der Waals surface area contributed by atoms with E-state index in [4.69, 9.17) is 4.74 Å². The molecule has 2 heteroatoms. The van der Waals surface area contributed by atoms with Crippen LogP contribution in [0.5, 0.6) is 0 Å². The predicted octanol–water partition coefficient (Wildman–Crippen LogP) is 3.22. The normalized spacial score (nSPS) is 23.9. The summed E-state index contributed by atoms with van der Waals surface area (Å²) in [5, 5.41) is 0. The first-order valence-electron chi connectivity index (χ1n) is 6.07. The summed E-state index contributed by atoms with van der Waals surface area (Å²) in [4.78, 5) is 11.9. The summed E-state index contributed by atoms with van der Waals surface area (Å²) in [6, 6.07) is 0. The summed E-state index contributed by atoms with van der Waals surface area (Å²) >= 11 is 0. The van der Waals surface area contributed by atoms with Crippen molar-refractivity contribution in [2.75, 3.05) is 6.61 Å². The molecule has 0 bridgehead atoms. The standard InChI is InChI=1S/C13H20O2/c1-3-15-12(14)11-10(2)6-9-13(11)7-4-5-8-13/h3-9H2,1-2H3. The van der Waals surface area contributed by atoms with Gasteiger partial charge in [-0.05, 0) is 39.5 Å². The molecule has 0 aromatic carbocycles. The molecule has 1 saturated carbocycles. The predicted molar refractivity (Wildman–Crippen MR) is 59.5 cm³/mol. The van der Waals surface area contributed by atoms with Crippen LogP contribution >= 0.6 is 0 Å². The van der Waals surface area contributed by atoms with Crippen LogP contribution in [0.4, 0.5) is 0 Å². The van der Waals surface area contributed by atoms with Crippen LogP contribution < -0.4 is 0 Å². The Morgan fingerprint density at radius 1 is 1.33 bits per heavy atom. The maximum atomic E-state index is 11.9. The average molecular weight is 208 g/mol. The Morgan fingerprint density at radius 3 is 2.60 bits per heavy atom. The zero-order valence-corrected chi connectivity index (χ0v) is 9.77. The first kappa shape index (κ1) is 10.7. The number of hydrogen-bond donors (Lipinski definition) is 0. The summed E-state index contributed by atoms with van der Waals surface area (Å²) in [7, 11) is 0. The lowest BCUT2D eigenvalue weighted by Crippen LogP contribution is -2.23. The van der Waals surface area contributed by atoms with E-state index in [1.807, 2.05) is 6.92 Å². The number of rotatable bonds is 2. The molecular formula is C13H20O2. The van der Waals surface area contributed by atoms with Gasteiger partial charge in [0.25, 0.3) is 0 Å². The highest BCUT2D eigenvalue weighted by Crippen LogP contribution is 2.53. The van der Waals surface area contributed by atoms with E-state index in [1.54, 1.807) is 0 Å². The van der Waals surface area contributed by atoms with Gasteiger partial charge in [0.2, 0.25) is 0 Å². The second kappa shape index (κ2) is 3.99. The molecule has 0 aliphatic heterocycles. The molecule has 0 amide bonds. The van der Waals surface area contributed by atoms with Crippen molar-refractivity contribution in [3.8, 4) is 0 Å². The second-order valence-corrected chi connectivity index (χ2v) is 4.86. The third kappa shape index (κ3) is 1.70. The number of ether oxygens (including phenoxy) is 1. The topological polar surface area (TPSA) is 26.3 Å². The van der Waals surface area contributed by atoms with Crippen LogP contribution in [0.25, 0.3) is 0 Å². The van der Waals surface area contributed by atoms with Crippen LogP contribution in [-0.2, 0) is 9.53 Å². The molecule has 84 valence electrons. The average Bonchev–Trinajstić information content (AvgIpc) is 2.77. The van der Waals surface area contributed by atoms with Crippen molar-refractivity contribution in [2.45, 2.75) is 52.4 Å². The van der Waals surface area contributed by atoms with Crippen LogP contribution in [0.1, 0.15) is 52.4 Å². The van der Waals surface area contributed by atoms with Crippen molar-refractivity contribution in [2.24, 2.45) is 5.41 Å². The maximum absolute atomic E-state index is 11.9. The molecule has 0 aromatic heterocycles. The van der Waals surface area contributed by atoms with Gasteiger partial charge in [0.1, 0.15) is 0 Å². The molecule has 1 spiro atoms. The number of esters is 1. The second-order valence-electron chi connectivity index (χ2n) is 4.86. The monoisotopic (exact) mass is 208 g/mol. The molecule has 0 radical (unpaired) electrons. The Morgan fingerprint density at radius 2 is 2.00 bits per heavy atom. The highest BCUT2D eigenvalue weighted by Gasteiger charge is 2.45. The summed E-state index contributed by atoms with van der Waals surface area (Å²) in [6.07, 6.45) is 7.20. The minimum Gasteiger partial charge on any atom is -0.463 e. The lowest BCUT2D eigenvalue weighted by Gasteiger charge is -2.25. The van der Waals surface area contributed by atoms with Gasteiger partial charge in [0.05, 0.1) is 6.61 Å². The molecule has 2 aliphatic rings. The fourth-order valence-electron chi connectivity index (χ4n) is 3.28. The SMILES string of the molecule is CCOC(=O)C1=C(C)CCC12CCCC2. The van der Waals surface area contributed by atoms with Crippen molar-refractivity contribution in [3.05, 3.63) is 11.1 Å². The molecule has 0 aromatic rings. The molecule has 2 aliphatic carbocycles. The van der Waals surface area contributed by atoms with E-state index in [2.05, 4.69) is 6.92 Å². The minimum absolute atomic E-state index is 0.0469. The van der Waals surface area contributed by atoms with E-state index < -0.39 is 0 Å². The third-order valence-electron chi connectivity index (χ3n) is 3.98. The first-order valence-corrected chi connectivity index (χ1v) is 6.07. The molecule has 0 atom stereocenters. The molecular weight excluding hydrogens is 188 g/mol. The fraction of sp³-hybridized carbons (Fsp3) is 0.769. The van der Waals surface area contributed by atoms with Crippen molar-refractivity contribution >= 4 is 5.97 Å². The zero-order chi connectivity index (χ0) is 10.9. The van der Waals surface area contributed by atoms with Crippen LogP contribution in [0.2, 0.25) is 0 Å². The van der Waals surface area contributed by atoms with E-state index in [9.17, 15) is 4.79 Å². The lowest BCUT2D eigenvalue weighted by atomic mass is 9.79. The quantitative estimate of drug-likeness (QED) is 0.651. The van der Waals surface area contributed by atoms with E-state index in [0.29, 0.717) is 6.61 Å². The van der Waals surface area contributed by atoms with Crippen LogP contribution in [0, 0.1) is 5.41 Å². The van der Waals surface area contributed by atoms with Gasteiger partial charge in [0, 0.05) is 11.0 Å². The first-order chi connectivity index (χ1) is 7.19. The van der Waals surface area contributed by atoms with Crippen LogP contribution in [0.15, 0.2) is 11.1 Å². The number of carbonyl (C=O) groups excluding carboxylic acids is 1. The summed E-state index contributed by atoms with van der Waals surface area (Å²) in [5.74, 6) is -0.0469. The van der Waals surface area contributed by atoms with Gasteiger partial charge in [-0.3, -0.25) is 0 Å². The van der Waals surface area contributed by atoms with Crippen molar-refractivity contribution < 1.29 is 9.53 Å². The van der Waals surface area contributed by atoms with E-state index in [-0.39, 0.29) is 11.4 Å². The summed E-state index contributed by atoms with van der Waals surface area (Å²) in [5.41, 5.74) is 2.51. The fourth-order valence-corrected chi connectivity index (χ4v) is 3.28. The van der Waals surface area contributed by atoms with Crippen LogP contribution in [-0.4, -0.2) is 12.6 Å². The van der Waals surface area contributed by atoms with E-state index in [0.717, 1.165) is 12.0 Å². The highest BCUT2D eigenvalue weighted by molar-refractivity contribution is 5.91. The lowest BCUT2D eigenvalue weighted by molar-refractivity contribution is -0.139. The van der Waals surface area contributed by atoms with Gasteiger partial charge in [-0.15, -0.1) is 0 Å². The molecule has 0 saturated heterocycles. The molecule has 0 unspecified atom stereocenters. The van der Waals surface area contributed by atoms with Gasteiger partial charge in [0.15, 0.2) is 0 Å². The van der Waals surface area contributed by atoms with Gasteiger partial charge in [-0.25, -0.2) is 4.79 Å². The molecule has 0 N–H and O–H groups in total. The number of allylic oxidation sites excluding steroid dienone is 1. The smallest absolute Gasteiger partial charge is 0.334 e. The number of hydrogen-bond acceptors (Lipinski definition) is 2. The Labute approximate surface area is 91.7 Å². The van der Waals surface area contributed by atoms with Crippen molar-refractivity contribution in [1.82, 2.24) is 0 Å². The molecule has 2 nitrogen and oxygen atoms in total. The summed E-state index contributed by atoms with van der Waals surface area (Å²) < 4.78 is 5.19. The molecule has 15 heavy (non-hydrogen) atoms. The Balaban J connectivity index is 2.25. The van der Waals surface area contributed by atoms with Crippen LogP contribution in [0.3, 0.4) is 0 Å². The number of carbonyl (C=O) groups is 1. The zero-order valence-electron chi connectivity index (χ0n) is 9.77. The van der Waals surface area contributed by atoms with E-state index in [1.165, 1.54) is 37.7 Å². The van der Waals surface area contributed by atoms with Gasteiger partial charge < -0.3 is 4.74 Å². The molecule has 2 rings (SSSR count). The Hall–Kier alpha value is -0.790. The Bertz CT molecular complexity index is 296. The van der Waals surface area contributed by atoms with Gasteiger partial charge in [-0.1, -0.05) is 18.4 Å². The molecule has 0 heterocycles. The largest absolute Gasteiger partial charge is 0.463 e. The Kier molecular flexibility index (Phi) is 2.85. The van der Waals surface area contributed by atoms with E-state index >= 15 is 0 Å². The van der Waals surface area contributed by atoms with Gasteiger partial charge >= 0.3 is 5.97 Å². The molecule has 1 fully saturated rings. The maximum Gasteiger partial charge on any atom is 0.334 e. The third-order valence-corrected chi connectivity index (χ3v) is 3.98. The van der Waals surface area contributed by atoms with Gasteiger partial charge in [-0.2, -0.15) is 0 Å². The van der Waals surface area contributed by atoms with Crippen molar-refractivity contribution in [1.29, 1.82) is 0 Å². The minimum atomic E-state index is -0.0469. The summed E-state index contributed by atoms with van der Waals surface area (Å²) in [6.45, 7) is 4.47. The highest BCUT2D eigenvalue weighted by atomic mass is 16.5.